The van der Waals surface area contributed by atoms with Gasteiger partial charge in [0.25, 0.3) is 5.91 Å². The number of anilines is 1. The molecule has 0 fully saturated rings. The molecule has 5 nitrogen and oxygen atoms in total. The first-order valence-corrected chi connectivity index (χ1v) is 10.5. The van der Waals surface area contributed by atoms with Crippen molar-refractivity contribution in [2.45, 2.75) is 26.6 Å². The molecule has 164 valence electrons. The molecule has 0 bridgehead atoms. The number of ether oxygens (including phenoxy) is 2. The zero-order valence-electron chi connectivity index (χ0n) is 17.9. The fourth-order valence-electron chi connectivity index (χ4n) is 2.80. The molecule has 0 aliphatic rings. The van der Waals surface area contributed by atoms with Crippen LogP contribution in [0.3, 0.4) is 0 Å². The van der Waals surface area contributed by atoms with Crippen LogP contribution < -0.4 is 10.1 Å². The SMILES string of the molecule is Cc1ccccc1NC(=O)C(C)OC(=O)C=Cc1ccc(OCc2ccc(Cl)cc2)cc1. The Hall–Kier alpha value is -3.57. The van der Waals surface area contributed by atoms with E-state index in [-0.39, 0.29) is 5.91 Å². The van der Waals surface area contributed by atoms with Crippen LogP contribution in [0.15, 0.2) is 78.9 Å². The van der Waals surface area contributed by atoms with E-state index in [0.29, 0.717) is 23.1 Å². The lowest BCUT2D eigenvalue weighted by atomic mass is 10.2. The number of halogens is 1. The number of benzene rings is 3. The maximum absolute atomic E-state index is 12.3. The molecule has 3 aromatic rings. The van der Waals surface area contributed by atoms with Gasteiger partial charge in [0, 0.05) is 16.8 Å². The summed E-state index contributed by atoms with van der Waals surface area (Å²) in [7, 11) is 0. The average molecular weight is 450 g/mol. The van der Waals surface area contributed by atoms with Crippen LogP contribution in [0, 0.1) is 6.92 Å². The van der Waals surface area contributed by atoms with E-state index in [1.54, 1.807) is 12.1 Å². The molecule has 0 aliphatic heterocycles. The Morgan fingerprint density at radius 3 is 2.38 bits per heavy atom. The molecular formula is C26H24ClNO4. The normalized spacial score (nSPS) is 11.7. The first-order valence-electron chi connectivity index (χ1n) is 10.1. The lowest BCUT2D eigenvalue weighted by molar-refractivity contribution is -0.148. The van der Waals surface area contributed by atoms with Crippen molar-refractivity contribution in [3.05, 3.63) is 101 Å². The second-order valence-corrected chi connectivity index (χ2v) is 7.64. The Bertz CT molecular complexity index is 1090. The number of hydrogen-bond donors (Lipinski definition) is 1. The monoisotopic (exact) mass is 449 g/mol. The predicted molar refractivity (Wildman–Crippen MR) is 127 cm³/mol. The molecule has 0 heterocycles. The quantitative estimate of drug-likeness (QED) is 0.348. The summed E-state index contributed by atoms with van der Waals surface area (Å²) in [6.07, 6.45) is 1.99. The minimum Gasteiger partial charge on any atom is -0.489 e. The molecule has 0 radical (unpaired) electrons. The van der Waals surface area contributed by atoms with Crippen molar-refractivity contribution in [3.8, 4) is 5.75 Å². The van der Waals surface area contributed by atoms with Gasteiger partial charge in [-0.05, 0) is 66.9 Å². The number of carbonyl (C=O) groups excluding carboxylic acids is 2. The van der Waals surface area contributed by atoms with E-state index in [1.807, 2.05) is 73.7 Å². The number of amides is 1. The number of aryl methyl sites for hydroxylation is 1. The molecule has 0 aliphatic carbocycles. The molecule has 0 saturated carbocycles. The molecule has 1 N–H and O–H groups in total. The first-order chi connectivity index (χ1) is 15.4. The third kappa shape index (κ3) is 7.00. The van der Waals surface area contributed by atoms with Crippen LogP contribution in [0.5, 0.6) is 5.75 Å². The summed E-state index contributed by atoms with van der Waals surface area (Å²) in [4.78, 5) is 24.3. The minimum absolute atomic E-state index is 0.386. The second-order valence-electron chi connectivity index (χ2n) is 7.20. The molecule has 32 heavy (non-hydrogen) atoms. The Kier molecular flexibility index (Phi) is 8.06. The number of hydrogen-bond acceptors (Lipinski definition) is 4. The maximum atomic E-state index is 12.3. The Morgan fingerprint density at radius 2 is 1.69 bits per heavy atom. The van der Waals surface area contributed by atoms with Crippen molar-refractivity contribution in [1.29, 1.82) is 0 Å². The summed E-state index contributed by atoms with van der Waals surface area (Å²) in [6, 6.07) is 22.2. The molecule has 1 unspecified atom stereocenters. The number of carbonyl (C=O) groups is 2. The molecule has 3 aromatic carbocycles. The molecule has 0 spiro atoms. The van der Waals surface area contributed by atoms with Crippen LogP contribution >= 0.6 is 11.6 Å². The fraction of sp³-hybridized carbons (Fsp3) is 0.154. The zero-order chi connectivity index (χ0) is 22.9. The van der Waals surface area contributed by atoms with Crippen LogP contribution in [0.2, 0.25) is 5.02 Å². The third-order valence-corrected chi connectivity index (χ3v) is 4.93. The van der Waals surface area contributed by atoms with Crippen molar-refractivity contribution in [2.75, 3.05) is 5.32 Å². The van der Waals surface area contributed by atoms with E-state index < -0.39 is 12.1 Å². The average Bonchev–Trinajstić information content (AvgIpc) is 2.79. The Balaban J connectivity index is 1.47. The lowest BCUT2D eigenvalue weighted by Crippen LogP contribution is -2.29. The first kappa shape index (κ1) is 23.1. The van der Waals surface area contributed by atoms with Crippen molar-refractivity contribution >= 4 is 35.2 Å². The summed E-state index contributed by atoms with van der Waals surface area (Å²) < 4.78 is 10.9. The van der Waals surface area contributed by atoms with E-state index in [4.69, 9.17) is 21.1 Å². The van der Waals surface area contributed by atoms with Gasteiger partial charge in [0.15, 0.2) is 6.10 Å². The van der Waals surface area contributed by atoms with E-state index in [0.717, 1.165) is 16.7 Å². The summed E-state index contributed by atoms with van der Waals surface area (Å²) >= 11 is 5.88. The van der Waals surface area contributed by atoms with Crippen LogP contribution in [0.1, 0.15) is 23.6 Å². The smallest absolute Gasteiger partial charge is 0.331 e. The van der Waals surface area contributed by atoms with Gasteiger partial charge in [0.05, 0.1) is 0 Å². The highest BCUT2D eigenvalue weighted by Gasteiger charge is 2.17. The van der Waals surface area contributed by atoms with Crippen molar-refractivity contribution in [1.82, 2.24) is 0 Å². The van der Waals surface area contributed by atoms with Gasteiger partial charge >= 0.3 is 5.97 Å². The fourth-order valence-corrected chi connectivity index (χ4v) is 2.93. The van der Waals surface area contributed by atoms with Gasteiger partial charge in [-0.15, -0.1) is 0 Å². The van der Waals surface area contributed by atoms with Crippen molar-refractivity contribution in [2.24, 2.45) is 0 Å². The van der Waals surface area contributed by atoms with E-state index in [1.165, 1.54) is 13.0 Å². The topological polar surface area (TPSA) is 64.6 Å². The van der Waals surface area contributed by atoms with Crippen LogP contribution in [0.4, 0.5) is 5.69 Å². The second kappa shape index (κ2) is 11.2. The van der Waals surface area contributed by atoms with Gasteiger partial charge in [-0.2, -0.15) is 0 Å². The van der Waals surface area contributed by atoms with Gasteiger partial charge in [-0.1, -0.05) is 54.1 Å². The highest BCUT2D eigenvalue weighted by molar-refractivity contribution is 6.30. The molecule has 1 amide bonds. The highest BCUT2D eigenvalue weighted by Crippen LogP contribution is 2.17. The van der Waals surface area contributed by atoms with Gasteiger partial charge in [0.2, 0.25) is 0 Å². The summed E-state index contributed by atoms with van der Waals surface area (Å²) in [5.74, 6) is -0.273. The Morgan fingerprint density at radius 1 is 1.00 bits per heavy atom. The minimum atomic E-state index is -0.921. The lowest BCUT2D eigenvalue weighted by Gasteiger charge is -2.13. The van der Waals surface area contributed by atoms with Gasteiger partial charge < -0.3 is 14.8 Å². The van der Waals surface area contributed by atoms with E-state index in [9.17, 15) is 9.59 Å². The summed E-state index contributed by atoms with van der Waals surface area (Å²) in [5, 5.41) is 3.45. The summed E-state index contributed by atoms with van der Waals surface area (Å²) in [6.45, 7) is 3.86. The molecule has 0 saturated heterocycles. The van der Waals surface area contributed by atoms with Gasteiger partial charge in [-0.25, -0.2) is 4.79 Å². The summed E-state index contributed by atoms with van der Waals surface area (Å²) in [5.41, 5.74) is 3.44. The van der Waals surface area contributed by atoms with E-state index in [2.05, 4.69) is 5.32 Å². The standard InChI is InChI=1S/C26H24ClNO4/c1-18-5-3-4-6-24(18)28-26(30)19(2)32-25(29)16-11-20-9-14-23(15-10-20)31-17-21-7-12-22(27)13-8-21/h3-16,19H,17H2,1-2H3,(H,28,30). The van der Waals surface area contributed by atoms with Gasteiger partial charge in [-0.3, -0.25) is 4.79 Å². The Labute approximate surface area is 192 Å². The highest BCUT2D eigenvalue weighted by atomic mass is 35.5. The molecule has 3 rings (SSSR count). The largest absolute Gasteiger partial charge is 0.489 e. The number of rotatable bonds is 8. The van der Waals surface area contributed by atoms with Crippen molar-refractivity contribution < 1.29 is 19.1 Å². The predicted octanol–water partition coefficient (Wildman–Crippen LogP) is 5.81. The molecule has 0 aromatic heterocycles. The molecule has 6 heteroatoms. The van der Waals surface area contributed by atoms with E-state index >= 15 is 0 Å². The maximum Gasteiger partial charge on any atom is 0.331 e. The zero-order valence-corrected chi connectivity index (χ0v) is 18.6. The van der Waals surface area contributed by atoms with Crippen molar-refractivity contribution in [3.63, 3.8) is 0 Å². The number of para-hydroxylation sites is 1. The van der Waals surface area contributed by atoms with Crippen LogP contribution in [0.25, 0.3) is 6.08 Å². The number of esters is 1. The molecular weight excluding hydrogens is 426 g/mol. The van der Waals surface area contributed by atoms with Crippen LogP contribution in [-0.4, -0.2) is 18.0 Å². The van der Waals surface area contributed by atoms with Crippen LogP contribution in [-0.2, 0) is 20.9 Å². The van der Waals surface area contributed by atoms with Gasteiger partial charge in [0.1, 0.15) is 12.4 Å². The third-order valence-electron chi connectivity index (χ3n) is 4.68. The molecule has 1 atom stereocenters. The number of nitrogens with one attached hydrogen (secondary N) is 1.